The number of anilines is 1. The number of aromatic amines is 1. The monoisotopic (exact) mass is 475 g/mol. The third kappa shape index (κ3) is 4.78. The molecule has 2 saturated heterocycles. The lowest BCUT2D eigenvalue weighted by molar-refractivity contribution is -0.135. The summed E-state index contributed by atoms with van der Waals surface area (Å²) in [4.78, 5) is 34.2. The average molecular weight is 476 g/mol. The topological polar surface area (TPSA) is 90.9 Å². The lowest BCUT2D eigenvalue weighted by Crippen LogP contribution is -2.47. The Morgan fingerprint density at radius 2 is 2.00 bits per heavy atom. The van der Waals surface area contributed by atoms with E-state index in [-0.39, 0.29) is 11.8 Å². The molecular weight excluding hydrogens is 442 g/mol. The number of nitrogens with one attached hydrogen (secondary N) is 1. The molecule has 0 aliphatic carbocycles. The Morgan fingerprint density at radius 1 is 1.26 bits per heavy atom. The second-order valence-electron chi connectivity index (χ2n) is 9.23. The quantitative estimate of drug-likeness (QED) is 0.366. The van der Waals surface area contributed by atoms with Crippen molar-refractivity contribution in [3.8, 4) is 16.9 Å². The average Bonchev–Trinajstić information content (AvgIpc) is 3.53. The normalized spacial score (nSPS) is 18.3. The summed E-state index contributed by atoms with van der Waals surface area (Å²) in [5.41, 5.74) is 3.76. The number of amides is 2. The van der Waals surface area contributed by atoms with Gasteiger partial charge in [0.15, 0.2) is 0 Å². The fourth-order valence-corrected chi connectivity index (χ4v) is 4.85. The molecule has 184 valence electrons. The molecule has 8 heteroatoms. The highest BCUT2D eigenvalue weighted by molar-refractivity contribution is 6.01. The van der Waals surface area contributed by atoms with Crippen LogP contribution in [0.25, 0.3) is 11.1 Å². The van der Waals surface area contributed by atoms with Crippen LogP contribution in [0.3, 0.4) is 0 Å². The number of rotatable bonds is 7. The summed E-state index contributed by atoms with van der Waals surface area (Å²) in [7, 11) is 1.63. The molecule has 2 fully saturated rings. The van der Waals surface area contributed by atoms with Gasteiger partial charge in [-0.25, -0.2) is 0 Å². The third-order valence-corrected chi connectivity index (χ3v) is 7.30. The number of ether oxygens (including phenoxy) is 1. The lowest BCUT2D eigenvalue weighted by Gasteiger charge is -2.38. The van der Waals surface area contributed by atoms with Crippen molar-refractivity contribution >= 4 is 24.2 Å². The van der Waals surface area contributed by atoms with Crippen molar-refractivity contribution in [2.24, 2.45) is 10.4 Å². The number of benzene rings is 1. The van der Waals surface area contributed by atoms with Crippen molar-refractivity contribution in [3.63, 3.8) is 0 Å². The van der Waals surface area contributed by atoms with Crippen molar-refractivity contribution in [1.29, 1.82) is 0 Å². The molecule has 0 bridgehead atoms. The van der Waals surface area contributed by atoms with Crippen LogP contribution in [0, 0.1) is 5.41 Å². The fraction of sp³-hybridized carbons (Fsp3) is 0.407. The second-order valence-corrected chi connectivity index (χ2v) is 9.23. The van der Waals surface area contributed by atoms with Crippen molar-refractivity contribution in [2.45, 2.75) is 39.5 Å². The van der Waals surface area contributed by atoms with Crippen LogP contribution in [0.1, 0.15) is 39.5 Å². The van der Waals surface area contributed by atoms with Gasteiger partial charge in [-0.15, -0.1) is 0 Å². The maximum Gasteiger partial charge on any atom is 0.272 e. The van der Waals surface area contributed by atoms with Gasteiger partial charge in [0.1, 0.15) is 11.4 Å². The first-order chi connectivity index (χ1) is 16.9. The van der Waals surface area contributed by atoms with Crippen molar-refractivity contribution in [2.75, 3.05) is 31.6 Å². The minimum Gasteiger partial charge on any atom is -0.496 e. The van der Waals surface area contributed by atoms with E-state index < -0.39 is 5.41 Å². The predicted molar refractivity (Wildman–Crippen MR) is 137 cm³/mol. The molecule has 1 spiro atoms. The molecule has 1 aromatic heterocycles. The highest BCUT2D eigenvalue weighted by Crippen LogP contribution is 2.44. The van der Waals surface area contributed by atoms with Crippen LogP contribution in [0.5, 0.6) is 5.75 Å². The minimum absolute atomic E-state index is 0.127. The Bertz CT molecular complexity index is 1160. The number of H-pyrrole nitrogens is 1. The molecule has 2 aromatic rings. The maximum atomic E-state index is 13.6. The van der Waals surface area contributed by atoms with Gasteiger partial charge in [-0.05, 0) is 57.5 Å². The van der Waals surface area contributed by atoms with Gasteiger partial charge in [-0.3, -0.25) is 19.7 Å². The molecule has 4 rings (SSSR count). The molecule has 0 radical (unpaired) electrons. The Balaban J connectivity index is 1.46. The molecule has 2 aliphatic rings. The van der Waals surface area contributed by atoms with Gasteiger partial charge in [-0.2, -0.15) is 5.10 Å². The van der Waals surface area contributed by atoms with E-state index in [0.717, 1.165) is 29.7 Å². The number of hydrogen-bond acceptors (Lipinski definition) is 5. The van der Waals surface area contributed by atoms with Crippen molar-refractivity contribution < 1.29 is 14.3 Å². The zero-order chi connectivity index (χ0) is 25.0. The molecule has 2 aliphatic heterocycles. The summed E-state index contributed by atoms with van der Waals surface area (Å²) in [6, 6.07) is 5.83. The summed E-state index contributed by atoms with van der Waals surface area (Å²) >= 11 is 0. The summed E-state index contributed by atoms with van der Waals surface area (Å²) in [6.07, 6.45) is 10.2. The van der Waals surface area contributed by atoms with Crippen LogP contribution in [-0.2, 0) is 9.59 Å². The Labute approximate surface area is 206 Å². The maximum absolute atomic E-state index is 13.6. The number of methoxy groups -OCH3 is 1. The minimum atomic E-state index is -0.433. The number of allylic oxidation sites excluding steroid dienone is 3. The summed E-state index contributed by atoms with van der Waals surface area (Å²) in [5, 5.41) is 6.83. The van der Waals surface area contributed by atoms with E-state index in [1.165, 1.54) is 5.57 Å². The van der Waals surface area contributed by atoms with E-state index in [4.69, 9.17) is 4.74 Å². The molecule has 0 unspecified atom stereocenters. The number of piperidine rings is 1. The SMILES string of the molecule is C=N/C(=C\C=C(/C)CC)C(=O)N1CCC2(CC1)CCN(c1ccc(-c3cn[nH]c3)c(OC)c1)C2=O. The molecule has 2 amide bonds. The molecule has 35 heavy (non-hydrogen) atoms. The molecule has 1 aromatic carbocycles. The first-order valence-corrected chi connectivity index (χ1v) is 12.0. The van der Waals surface area contributed by atoms with Crippen LogP contribution in [-0.4, -0.2) is 60.4 Å². The third-order valence-electron chi connectivity index (χ3n) is 7.30. The smallest absolute Gasteiger partial charge is 0.272 e. The van der Waals surface area contributed by atoms with E-state index in [2.05, 4.69) is 28.8 Å². The first-order valence-electron chi connectivity index (χ1n) is 12.0. The van der Waals surface area contributed by atoms with Crippen LogP contribution in [0.2, 0.25) is 0 Å². The van der Waals surface area contributed by atoms with E-state index in [1.54, 1.807) is 24.3 Å². The lowest BCUT2D eigenvalue weighted by atomic mass is 9.77. The Morgan fingerprint density at radius 3 is 2.63 bits per heavy atom. The number of carbonyl (C=O) groups is 2. The van der Waals surface area contributed by atoms with Crippen LogP contribution in [0.15, 0.2) is 59.0 Å². The van der Waals surface area contributed by atoms with Crippen molar-refractivity contribution in [1.82, 2.24) is 15.1 Å². The number of aliphatic imine (C=N–C) groups is 1. The standard InChI is InChI=1S/C27H33N5O3/c1-5-19(2)6-9-23(28-3)25(33)31-13-10-27(11-14-31)12-15-32(26(27)34)21-7-8-22(24(16-21)35-4)20-17-29-30-18-20/h6-9,16-18H,3,5,10-15H2,1-2,4H3,(H,29,30)/b19-6+,23-9-. The summed E-state index contributed by atoms with van der Waals surface area (Å²) in [6.45, 7) is 9.38. The molecule has 0 atom stereocenters. The Kier molecular flexibility index (Phi) is 7.19. The number of nitrogens with zero attached hydrogens (tertiary/aromatic N) is 4. The van der Waals surface area contributed by atoms with Gasteiger partial charge in [0.25, 0.3) is 5.91 Å². The molecule has 0 saturated carbocycles. The van der Waals surface area contributed by atoms with E-state index in [9.17, 15) is 9.59 Å². The summed E-state index contributed by atoms with van der Waals surface area (Å²) in [5.74, 6) is 0.695. The molecule has 3 heterocycles. The molecular formula is C27H33N5O3. The first kappa shape index (κ1) is 24.4. The largest absolute Gasteiger partial charge is 0.496 e. The molecule has 1 N–H and O–H groups in total. The van der Waals surface area contributed by atoms with Crippen LogP contribution < -0.4 is 9.64 Å². The van der Waals surface area contributed by atoms with Gasteiger partial charge < -0.3 is 14.5 Å². The van der Waals surface area contributed by atoms with E-state index in [0.29, 0.717) is 43.9 Å². The van der Waals surface area contributed by atoms with Gasteiger partial charge in [0.2, 0.25) is 5.91 Å². The zero-order valence-electron chi connectivity index (χ0n) is 20.7. The number of hydrogen-bond donors (Lipinski definition) is 1. The second kappa shape index (κ2) is 10.3. The number of carbonyl (C=O) groups excluding carboxylic acids is 2. The molecule has 8 nitrogen and oxygen atoms in total. The van der Waals surface area contributed by atoms with Gasteiger partial charge in [-0.1, -0.05) is 18.6 Å². The number of likely N-dealkylation sites (tertiary alicyclic amines) is 1. The van der Waals surface area contributed by atoms with Gasteiger partial charge >= 0.3 is 0 Å². The van der Waals surface area contributed by atoms with Gasteiger partial charge in [0, 0.05) is 48.7 Å². The van der Waals surface area contributed by atoms with E-state index in [1.807, 2.05) is 42.3 Å². The predicted octanol–water partition coefficient (Wildman–Crippen LogP) is 4.37. The van der Waals surface area contributed by atoms with Gasteiger partial charge in [0.05, 0.1) is 18.7 Å². The summed E-state index contributed by atoms with van der Waals surface area (Å²) < 4.78 is 5.61. The van der Waals surface area contributed by atoms with Crippen molar-refractivity contribution in [3.05, 3.63) is 54.0 Å². The van der Waals surface area contributed by atoms with Crippen LogP contribution >= 0.6 is 0 Å². The highest BCUT2D eigenvalue weighted by atomic mass is 16.5. The van der Waals surface area contributed by atoms with Crippen LogP contribution in [0.4, 0.5) is 5.69 Å². The Hall–Kier alpha value is -3.68. The highest BCUT2D eigenvalue weighted by Gasteiger charge is 2.49. The zero-order valence-corrected chi connectivity index (χ0v) is 20.7. The number of aromatic nitrogens is 2. The fourth-order valence-electron chi connectivity index (χ4n) is 4.85. The van der Waals surface area contributed by atoms with E-state index >= 15 is 0 Å².